The van der Waals surface area contributed by atoms with Crippen molar-refractivity contribution in [2.75, 3.05) is 19.0 Å². The van der Waals surface area contributed by atoms with E-state index in [-0.39, 0.29) is 33.7 Å². The first-order valence-electron chi connectivity index (χ1n) is 9.55. The molecule has 156 valence electrons. The molecule has 1 aliphatic rings. The van der Waals surface area contributed by atoms with Gasteiger partial charge < -0.3 is 15.2 Å². The maximum Gasteiger partial charge on any atom is 0.255 e. The number of rotatable bonds is 5. The predicted octanol–water partition coefficient (Wildman–Crippen LogP) is 3.52. The van der Waals surface area contributed by atoms with Gasteiger partial charge in [0.05, 0.1) is 12.8 Å². The van der Waals surface area contributed by atoms with Gasteiger partial charge in [-0.1, -0.05) is 12.5 Å². The van der Waals surface area contributed by atoms with Crippen LogP contribution in [-0.2, 0) is 10.0 Å². The Labute approximate surface area is 171 Å². The van der Waals surface area contributed by atoms with Crippen LogP contribution in [0.5, 0.6) is 11.5 Å². The van der Waals surface area contributed by atoms with Gasteiger partial charge in [-0.05, 0) is 62.6 Å². The molecule has 0 aliphatic carbocycles. The van der Waals surface area contributed by atoms with Crippen LogP contribution < -0.4 is 10.1 Å². The smallest absolute Gasteiger partial charge is 0.255 e. The summed E-state index contributed by atoms with van der Waals surface area (Å²) in [6, 6.07) is 9.09. The van der Waals surface area contributed by atoms with E-state index in [0.29, 0.717) is 6.54 Å². The highest BCUT2D eigenvalue weighted by atomic mass is 32.2. The topological polar surface area (TPSA) is 95.9 Å². The van der Waals surface area contributed by atoms with Crippen LogP contribution in [0, 0.1) is 6.92 Å². The SMILES string of the molecule is COc1ccc(C(=O)Nc2ccc(C)cc2O)cc1S(=O)(=O)N1CCCC[C@H]1C. The molecule has 0 radical (unpaired) electrons. The molecule has 0 aromatic heterocycles. The number of aryl methyl sites for hydroxylation is 1. The van der Waals surface area contributed by atoms with E-state index in [1.54, 1.807) is 12.1 Å². The first-order chi connectivity index (χ1) is 13.7. The van der Waals surface area contributed by atoms with E-state index in [4.69, 9.17) is 4.74 Å². The number of anilines is 1. The van der Waals surface area contributed by atoms with Gasteiger partial charge in [0.25, 0.3) is 5.91 Å². The maximum atomic E-state index is 13.3. The van der Waals surface area contributed by atoms with E-state index < -0.39 is 15.9 Å². The van der Waals surface area contributed by atoms with Gasteiger partial charge in [-0.25, -0.2) is 8.42 Å². The number of piperidine rings is 1. The second-order valence-electron chi connectivity index (χ2n) is 7.30. The highest BCUT2D eigenvalue weighted by Gasteiger charge is 2.33. The van der Waals surface area contributed by atoms with Crippen molar-refractivity contribution in [3.8, 4) is 11.5 Å². The monoisotopic (exact) mass is 418 g/mol. The van der Waals surface area contributed by atoms with E-state index in [0.717, 1.165) is 24.8 Å². The van der Waals surface area contributed by atoms with Crippen LogP contribution >= 0.6 is 0 Å². The first-order valence-corrected chi connectivity index (χ1v) is 11.0. The van der Waals surface area contributed by atoms with E-state index in [2.05, 4.69) is 5.32 Å². The number of ether oxygens (including phenoxy) is 1. The molecule has 1 heterocycles. The van der Waals surface area contributed by atoms with Crippen LogP contribution in [0.25, 0.3) is 0 Å². The third-order valence-corrected chi connectivity index (χ3v) is 7.19. The molecule has 1 fully saturated rings. The number of amides is 1. The molecule has 1 aliphatic heterocycles. The molecule has 1 amide bonds. The Balaban J connectivity index is 1.95. The summed E-state index contributed by atoms with van der Waals surface area (Å²) in [5.41, 5.74) is 1.27. The lowest BCUT2D eigenvalue weighted by molar-refractivity contribution is 0.102. The summed E-state index contributed by atoms with van der Waals surface area (Å²) in [7, 11) is -2.42. The van der Waals surface area contributed by atoms with E-state index in [1.807, 2.05) is 13.8 Å². The Morgan fingerprint density at radius 1 is 1.21 bits per heavy atom. The molecule has 2 aromatic rings. The van der Waals surface area contributed by atoms with Gasteiger partial charge in [0.2, 0.25) is 10.0 Å². The summed E-state index contributed by atoms with van der Waals surface area (Å²) in [6.45, 7) is 4.16. The summed E-state index contributed by atoms with van der Waals surface area (Å²) in [5.74, 6) is -0.380. The lowest BCUT2D eigenvalue weighted by Crippen LogP contribution is -2.42. The molecular formula is C21H26N2O5S. The van der Waals surface area contributed by atoms with Gasteiger partial charge in [0.1, 0.15) is 16.4 Å². The van der Waals surface area contributed by atoms with Crippen LogP contribution in [0.2, 0.25) is 0 Å². The van der Waals surface area contributed by atoms with Crippen molar-refractivity contribution in [2.45, 2.75) is 44.0 Å². The van der Waals surface area contributed by atoms with Crippen LogP contribution in [0.1, 0.15) is 42.1 Å². The number of sulfonamides is 1. The number of hydrogen-bond donors (Lipinski definition) is 2. The highest BCUT2D eigenvalue weighted by molar-refractivity contribution is 7.89. The van der Waals surface area contributed by atoms with Crippen molar-refractivity contribution in [1.29, 1.82) is 0 Å². The van der Waals surface area contributed by atoms with Crippen LogP contribution in [0.4, 0.5) is 5.69 Å². The van der Waals surface area contributed by atoms with Crippen LogP contribution in [-0.4, -0.2) is 43.4 Å². The number of aromatic hydroxyl groups is 1. The van der Waals surface area contributed by atoms with Crippen LogP contribution in [0.3, 0.4) is 0 Å². The molecule has 0 unspecified atom stereocenters. The number of methoxy groups -OCH3 is 1. The number of benzene rings is 2. The summed E-state index contributed by atoms with van der Waals surface area (Å²) in [5, 5.41) is 12.6. The average Bonchev–Trinajstić information content (AvgIpc) is 2.69. The fourth-order valence-corrected chi connectivity index (χ4v) is 5.40. The molecule has 0 spiro atoms. The van der Waals surface area contributed by atoms with E-state index >= 15 is 0 Å². The minimum absolute atomic E-state index is 0.0328. The molecule has 1 atom stereocenters. The van der Waals surface area contributed by atoms with Crippen molar-refractivity contribution in [3.05, 3.63) is 47.5 Å². The standard InChI is InChI=1S/C21H26N2O5S/c1-14-7-9-17(18(24)12-14)22-21(25)16-8-10-19(28-3)20(13-16)29(26,27)23-11-5-4-6-15(23)2/h7-10,12-13,15,24H,4-6,11H2,1-3H3,(H,22,25)/t15-/m1/s1. The van der Waals surface area contributed by atoms with E-state index in [1.165, 1.54) is 35.7 Å². The number of nitrogens with zero attached hydrogens (tertiary/aromatic N) is 1. The van der Waals surface area contributed by atoms with Crippen molar-refractivity contribution in [1.82, 2.24) is 4.31 Å². The van der Waals surface area contributed by atoms with Crippen molar-refractivity contribution < 1.29 is 23.1 Å². The number of hydrogen-bond acceptors (Lipinski definition) is 5. The molecule has 7 nitrogen and oxygen atoms in total. The molecule has 3 rings (SSSR count). The van der Waals surface area contributed by atoms with Gasteiger partial charge in [0.15, 0.2) is 0 Å². The number of nitrogens with one attached hydrogen (secondary N) is 1. The minimum Gasteiger partial charge on any atom is -0.506 e. The first kappa shape index (κ1) is 21.1. The normalized spacial score (nSPS) is 17.7. The van der Waals surface area contributed by atoms with E-state index in [9.17, 15) is 18.3 Å². The molecule has 1 saturated heterocycles. The molecule has 29 heavy (non-hydrogen) atoms. The fourth-order valence-electron chi connectivity index (χ4n) is 3.52. The molecule has 0 bridgehead atoms. The van der Waals surface area contributed by atoms with Crippen molar-refractivity contribution >= 4 is 21.6 Å². The lowest BCUT2D eigenvalue weighted by atomic mass is 10.1. The zero-order chi connectivity index (χ0) is 21.2. The Bertz CT molecular complexity index is 1020. The summed E-state index contributed by atoms with van der Waals surface area (Å²) >= 11 is 0. The number of phenolic OH excluding ortho intramolecular Hbond substituents is 1. The Morgan fingerprint density at radius 3 is 2.62 bits per heavy atom. The Hall–Kier alpha value is -2.58. The van der Waals surface area contributed by atoms with Gasteiger partial charge in [0, 0.05) is 18.2 Å². The highest BCUT2D eigenvalue weighted by Crippen LogP contribution is 2.32. The number of carbonyl (C=O) groups excluding carboxylic acids is 1. The summed E-state index contributed by atoms with van der Waals surface area (Å²) in [4.78, 5) is 12.7. The average molecular weight is 419 g/mol. The fraction of sp³-hybridized carbons (Fsp3) is 0.381. The number of carbonyl (C=O) groups is 1. The second-order valence-corrected chi connectivity index (χ2v) is 9.16. The maximum absolute atomic E-state index is 13.3. The van der Waals surface area contributed by atoms with Crippen molar-refractivity contribution in [3.63, 3.8) is 0 Å². The summed E-state index contributed by atoms with van der Waals surface area (Å²) < 4.78 is 33.3. The van der Waals surface area contributed by atoms with Crippen LogP contribution in [0.15, 0.2) is 41.3 Å². The zero-order valence-electron chi connectivity index (χ0n) is 16.8. The zero-order valence-corrected chi connectivity index (χ0v) is 17.6. The Morgan fingerprint density at radius 2 is 1.97 bits per heavy atom. The van der Waals surface area contributed by atoms with Gasteiger partial charge in [-0.2, -0.15) is 4.31 Å². The quantitative estimate of drug-likeness (QED) is 0.724. The number of phenols is 1. The minimum atomic E-state index is -3.82. The van der Waals surface area contributed by atoms with Crippen molar-refractivity contribution in [2.24, 2.45) is 0 Å². The summed E-state index contributed by atoms with van der Waals surface area (Å²) in [6.07, 6.45) is 2.60. The molecule has 2 N–H and O–H groups in total. The molecule has 8 heteroatoms. The predicted molar refractivity (Wildman–Crippen MR) is 111 cm³/mol. The Kier molecular flexibility index (Phi) is 6.14. The largest absolute Gasteiger partial charge is 0.506 e. The van der Waals surface area contributed by atoms with Gasteiger partial charge in [-0.3, -0.25) is 4.79 Å². The van der Waals surface area contributed by atoms with Gasteiger partial charge >= 0.3 is 0 Å². The molecule has 0 saturated carbocycles. The third kappa shape index (κ3) is 4.38. The third-order valence-electron chi connectivity index (χ3n) is 5.16. The lowest BCUT2D eigenvalue weighted by Gasteiger charge is -2.32. The molecule has 2 aromatic carbocycles. The molecular weight excluding hydrogens is 392 g/mol. The van der Waals surface area contributed by atoms with Gasteiger partial charge in [-0.15, -0.1) is 0 Å². The second kappa shape index (κ2) is 8.42.